The lowest BCUT2D eigenvalue weighted by atomic mass is 9.85. The van der Waals surface area contributed by atoms with E-state index in [0.29, 0.717) is 16.0 Å². The van der Waals surface area contributed by atoms with Crippen LogP contribution in [0.3, 0.4) is 0 Å². The molecule has 1 aliphatic carbocycles. The molecule has 1 saturated carbocycles. The summed E-state index contributed by atoms with van der Waals surface area (Å²) in [4.78, 5) is 0.173. The summed E-state index contributed by atoms with van der Waals surface area (Å²) in [6.45, 7) is 0.504. The molecule has 1 aromatic carbocycles. The molecule has 120 valence electrons. The third kappa shape index (κ3) is 4.56. The van der Waals surface area contributed by atoms with Gasteiger partial charge in [-0.15, -0.1) is 12.4 Å². The van der Waals surface area contributed by atoms with Gasteiger partial charge in [-0.3, -0.25) is 0 Å². The van der Waals surface area contributed by atoms with Crippen molar-refractivity contribution in [2.75, 3.05) is 6.54 Å². The van der Waals surface area contributed by atoms with Crippen LogP contribution in [-0.2, 0) is 10.0 Å². The highest BCUT2D eigenvalue weighted by Gasteiger charge is 2.29. The maximum atomic E-state index is 12.5. The Morgan fingerprint density at radius 3 is 2.67 bits per heavy atom. The van der Waals surface area contributed by atoms with Gasteiger partial charge in [0.2, 0.25) is 10.0 Å². The Kier molecular flexibility index (Phi) is 7.43. The lowest BCUT2D eigenvalue weighted by Gasteiger charge is -2.31. The fourth-order valence-electron chi connectivity index (χ4n) is 2.60. The Bertz CT molecular complexity index is 584. The van der Waals surface area contributed by atoms with Gasteiger partial charge < -0.3 is 5.73 Å². The largest absolute Gasteiger partial charge is 0.330 e. The highest BCUT2D eigenvalue weighted by Crippen LogP contribution is 2.31. The zero-order chi connectivity index (χ0) is 14.8. The van der Waals surface area contributed by atoms with Crippen LogP contribution in [0.5, 0.6) is 0 Å². The molecule has 0 amide bonds. The van der Waals surface area contributed by atoms with Crippen LogP contribution in [0.1, 0.15) is 25.7 Å². The van der Waals surface area contributed by atoms with Crippen molar-refractivity contribution in [1.82, 2.24) is 4.72 Å². The zero-order valence-electron chi connectivity index (χ0n) is 11.4. The van der Waals surface area contributed by atoms with Crippen LogP contribution in [0, 0.1) is 5.92 Å². The summed E-state index contributed by atoms with van der Waals surface area (Å²) in [5, 5.41) is 0.381. The molecule has 0 aliphatic heterocycles. The van der Waals surface area contributed by atoms with Gasteiger partial charge in [0.1, 0.15) is 0 Å². The number of hydrogen-bond donors (Lipinski definition) is 2. The molecular formula is C13H19BrCl2N2O2S. The summed E-state index contributed by atoms with van der Waals surface area (Å²) in [5.74, 6) is 0.205. The highest BCUT2D eigenvalue weighted by atomic mass is 79.9. The fourth-order valence-corrected chi connectivity index (χ4v) is 5.17. The molecular weight excluding hydrogens is 399 g/mol. The van der Waals surface area contributed by atoms with Crippen LogP contribution in [0.4, 0.5) is 0 Å². The summed E-state index contributed by atoms with van der Waals surface area (Å²) >= 11 is 9.20. The first kappa shape index (κ1) is 19.2. The molecule has 2 rings (SSSR count). The summed E-state index contributed by atoms with van der Waals surface area (Å²) in [6.07, 6.45) is 3.95. The normalized spacial score (nSPS) is 22.6. The van der Waals surface area contributed by atoms with Crippen molar-refractivity contribution in [3.05, 3.63) is 27.7 Å². The van der Waals surface area contributed by atoms with Gasteiger partial charge in [-0.05, 0) is 53.4 Å². The van der Waals surface area contributed by atoms with E-state index in [1.807, 2.05) is 0 Å². The molecule has 0 saturated heterocycles. The SMILES string of the molecule is Cl.NCC1CCCCC1NS(=O)(=O)c1cccc(Cl)c1Br. The first-order valence-corrected chi connectivity index (χ1v) is 9.27. The Morgan fingerprint density at radius 1 is 1.33 bits per heavy atom. The molecule has 8 heteroatoms. The van der Waals surface area contributed by atoms with Crippen molar-refractivity contribution in [2.45, 2.75) is 36.6 Å². The van der Waals surface area contributed by atoms with E-state index in [4.69, 9.17) is 17.3 Å². The highest BCUT2D eigenvalue weighted by molar-refractivity contribution is 9.10. The first-order chi connectivity index (χ1) is 9.45. The Balaban J connectivity index is 0.00000220. The van der Waals surface area contributed by atoms with E-state index >= 15 is 0 Å². The second kappa shape index (κ2) is 8.13. The minimum absolute atomic E-state index is 0. The van der Waals surface area contributed by atoms with Crippen molar-refractivity contribution in [1.29, 1.82) is 0 Å². The van der Waals surface area contributed by atoms with Gasteiger partial charge in [0.05, 0.1) is 14.4 Å². The van der Waals surface area contributed by atoms with Gasteiger partial charge in [0, 0.05) is 6.04 Å². The maximum absolute atomic E-state index is 12.5. The molecule has 0 spiro atoms. The summed E-state index contributed by atoms with van der Waals surface area (Å²) in [7, 11) is -3.59. The third-order valence-corrected chi connectivity index (χ3v) is 6.92. The van der Waals surface area contributed by atoms with Gasteiger partial charge in [-0.25, -0.2) is 13.1 Å². The monoisotopic (exact) mass is 416 g/mol. The summed E-state index contributed by atoms with van der Waals surface area (Å²) in [6, 6.07) is 4.72. The average molecular weight is 418 g/mol. The third-order valence-electron chi connectivity index (χ3n) is 3.72. The average Bonchev–Trinajstić information content (AvgIpc) is 2.42. The van der Waals surface area contributed by atoms with Crippen LogP contribution < -0.4 is 10.5 Å². The van der Waals surface area contributed by atoms with Gasteiger partial charge >= 0.3 is 0 Å². The first-order valence-electron chi connectivity index (χ1n) is 6.62. The molecule has 21 heavy (non-hydrogen) atoms. The van der Waals surface area contributed by atoms with Crippen LogP contribution in [0.25, 0.3) is 0 Å². The molecule has 0 aromatic heterocycles. The molecule has 0 heterocycles. The van der Waals surface area contributed by atoms with Gasteiger partial charge in [0.15, 0.2) is 0 Å². The maximum Gasteiger partial charge on any atom is 0.242 e. The smallest absolute Gasteiger partial charge is 0.242 e. The van der Waals surface area contributed by atoms with E-state index in [2.05, 4.69) is 20.7 Å². The quantitative estimate of drug-likeness (QED) is 0.788. The number of nitrogens with one attached hydrogen (secondary N) is 1. The Hall–Kier alpha value is 0.150. The number of halogens is 3. The van der Waals surface area contributed by atoms with Crippen molar-refractivity contribution in [3.8, 4) is 0 Å². The number of rotatable bonds is 4. The van der Waals surface area contributed by atoms with Crippen LogP contribution in [0.15, 0.2) is 27.6 Å². The number of nitrogens with two attached hydrogens (primary N) is 1. The van der Waals surface area contributed by atoms with Crippen molar-refractivity contribution >= 4 is 50.0 Å². The molecule has 1 fully saturated rings. The fraction of sp³-hybridized carbons (Fsp3) is 0.538. The van der Waals surface area contributed by atoms with Crippen molar-refractivity contribution in [3.63, 3.8) is 0 Å². The van der Waals surface area contributed by atoms with Crippen molar-refractivity contribution in [2.24, 2.45) is 11.7 Å². The predicted octanol–water partition coefficient (Wildman–Crippen LogP) is 3.32. The number of benzene rings is 1. The number of hydrogen-bond acceptors (Lipinski definition) is 3. The molecule has 1 aliphatic rings. The van der Waals surface area contributed by atoms with Gasteiger partial charge in [-0.1, -0.05) is 30.5 Å². The molecule has 3 N–H and O–H groups in total. The predicted molar refractivity (Wildman–Crippen MR) is 91.5 cm³/mol. The topological polar surface area (TPSA) is 72.2 Å². The molecule has 0 radical (unpaired) electrons. The second-order valence-corrected chi connectivity index (χ2v) is 7.94. The van der Waals surface area contributed by atoms with Gasteiger partial charge in [0.25, 0.3) is 0 Å². The standard InChI is InChI=1S/C13H18BrClN2O2S.ClH/c14-13-10(15)5-3-7-12(13)20(18,19)17-11-6-2-1-4-9(11)8-16;/h3,5,7,9,11,17H,1-2,4,6,8,16H2;1H. The van der Waals surface area contributed by atoms with Crippen LogP contribution >= 0.6 is 39.9 Å². The molecule has 2 unspecified atom stereocenters. The van der Waals surface area contributed by atoms with Crippen LogP contribution in [-0.4, -0.2) is 21.0 Å². The molecule has 0 bridgehead atoms. The minimum Gasteiger partial charge on any atom is -0.330 e. The van der Waals surface area contributed by atoms with E-state index in [0.717, 1.165) is 25.7 Å². The lowest BCUT2D eigenvalue weighted by Crippen LogP contribution is -2.44. The molecule has 2 atom stereocenters. The zero-order valence-corrected chi connectivity index (χ0v) is 15.4. The molecule has 4 nitrogen and oxygen atoms in total. The van der Waals surface area contributed by atoms with E-state index in [9.17, 15) is 8.42 Å². The Labute approximate surface area is 145 Å². The number of sulfonamides is 1. The van der Waals surface area contributed by atoms with Crippen LogP contribution in [0.2, 0.25) is 5.02 Å². The second-order valence-electron chi connectivity index (χ2n) is 5.06. The van der Waals surface area contributed by atoms with E-state index in [1.165, 1.54) is 0 Å². The molecule has 1 aromatic rings. The van der Waals surface area contributed by atoms with Crippen molar-refractivity contribution < 1.29 is 8.42 Å². The minimum atomic E-state index is -3.59. The van der Waals surface area contributed by atoms with E-state index in [-0.39, 0.29) is 29.3 Å². The summed E-state index contributed by atoms with van der Waals surface area (Å²) < 4.78 is 28.2. The lowest BCUT2D eigenvalue weighted by molar-refractivity contribution is 0.296. The van der Waals surface area contributed by atoms with E-state index in [1.54, 1.807) is 18.2 Å². The van der Waals surface area contributed by atoms with Gasteiger partial charge in [-0.2, -0.15) is 0 Å². The Morgan fingerprint density at radius 2 is 2.00 bits per heavy atom. The van der Waals surface area contributed by atoms with E-state index < -0.39 is 10.0 Å². The summed E-state index contributed by atoms with van der Waals surface area (Å²) in [5.41, 5.74) is 5.74.